The van der Waals surface area contributed by atoms with Crippen LogP contribution in [0.1, 0.15) is 17.4 Å². The molecular formula is C16H18ClN3O3S2. The number of benzene rings is 1. The summed E-state index contributed by atoms with van der Waals surface area (Å²) in [5.74, 6) is -0.543. The molecule has 0 saturated heterocycles. The van der Waals surface area contributed by atoms with Crippen molar-refractivity contribution in [3.8, 4) is 0 Å². The lowest BCUT2D eigenvalue weighted by molar-refractivity contribution is -0.119. The van der Waals surface area contributed by atoms with Gasteiger partial charge in [-0.25, -0.2) is 13.8 Å². The number of carbonyl (C=O) groups excluding carboxylic acids is 1. The number of nitrogens with one attached hydrogen (secondary N) is 1. The van der Waals surface area contributed by atoms with Gasteiger partial charge in [0.1, 0.15) is 6.54 Å². The fourth-order valence-corrected chi connectivity index (χ4v) is 3.69. The number of hydrogen-bond acceptors (Lipinski definition) is 5. The largest absolute Gasteiger partial charge is 0.271 e. The highest BCUT2D eigenvalue weighted by Gasteiger charge is 2.21. The van der Waals surface area contributed by atoms with Gasteiger partial charge in [0.05, 0.1) is 17.7 Å². The van der Waals surface area contributed by atoms with Gasteiger partial charge in [0.15, 0.2) is 0 Å². The molecule has 9 heteroatoms. The molecule has 1 heterocycles. The number of thiophene rings is 1. The van der Waals surface area contributed by atoms with E-state index >= 15 is 0 Å². The molecule has 2 aromatic rings. The first kappa shape index (κ1) is 19.4. The number of carbonyl (C=O) groups is 1. The van der Waals surface area contributed by atoms with Gasteiger partial charge in [-0.15, -0.1) is 11.3 Å². The first-order valence-corrected chi connectivity index (χ1v) is 10.4. The number of hydrogen-bond donors (Lipinski definition) is 1. The molecule has 0 aliphatic carbocycles. The summed E-state index contributed by atoms with van der Waals surface area (Å²) < 4.78 is 25.1. The Hall–Kier alpha value is -1.90. The van der Waals surface area contributed by atoms with E-state index in [1.807, 2.05) is 24.4 Å². The van der Waals surface area contributed by atoms with Crippen molar-refractivity contribution in [2.24, 2.45) is 5.10 Å². The van der Waals surface area contributed by atoms with E-state index in [0.717, 1.165) is 21.0 Å². The summed E-state index contributed by atoms with van der Waals surface area (Å²) in [7, 11) is -3.66. The zero-order valence-corrected chi connectivity index (χ0v) is 16.4. The van der Waals surface area contributed by atoms with Gasteiger partial charge in [-0.1, -0.05) is 23.7 Å². The molecule has 1 aromatic heterocycles. The van der Waals surface area contributed by atoms with Crippen LogP contribution in [0.5, 0.6) is 0 Å². The summed E-state index contributed by atoms with van der Waals surface area (Å²) in [6.45, 7) is 3.19. The van der Waals surface area contributed by atoms with Gasteiger partial charge in [-0.3, -0.25) is 9.10 Å². The summed E-state index contributed by atoms with van der Waals surface area (Å²) in [4.78, 5) is 13.1. The normalized spacial score (nSPS) is 12.1. The van der Waals surface area contributed by atoms with Crippen molar-refractivity contribution in [3.63, 3.8) is 0 Å². The van der Waals surface area contributed by atoms with E-state index in [4.69, 9.17) is 11.6 Å². The first-order chi connectivity index (χ1) is 11.7. The van der Waals surface area contributed by atoms with Gasteiger partial charge in [-0.05, 0) is 43.0 Å². The van der Waals surface area contributed by atoms with E-state index in [0.29, 0.717) is 16.4 Å². The summed E-state index contributed by atoms with van der Waals surface area (Å²) in [6, 6.07) is 8.59. The molecule has 0 spiro atoms. The van der Waals surface area contributed by atoms with Crippen LogP contribution in [0.3, 0.4) is 0 Å². The maximum Gasteiger partial charge on any atom is 0.260 e. The molecule has 0 saturated carbocycles. The second-order valence-electron chi connectivity index (χ2n) is 5.41. The lowest BCUT2D eigenvalue weighted by atomic mass is 10.2. The summed E-state index contributed by atoms with van der Waals surface area (Å²) >= 11 is 7.56. The number of nitrogens with zero attached hydrogens (tertiary/aromatic N) is 2. The Balaban J connectivity index is 2.16. The summed E-state index contributed by atoms with van der Waals surface area (Å²) in [5.41, 5.74) is 4.18. The van der Waals surface area contributed by atoms with E-state index < -0.39 is 15.9 Å². The van der Waals surface area contributed by atoms with Crippen LogP contribution in [-0.4, -0.2) is 32.8 Å². The van der Waals surface area contributed by atoms with E-state index in [9.17, 15) is 13.2 Å². The average Bonchev–Trinajstić information content (AvgIpc) is 3.06. The van der Waals surface area contributed by atoms with Gasteiger partial charge >= 0.3 is 0 Å². The third-order valence-electron chi connectivity index (χ3n) is 3.36. The zero-order valence-electron chi connectivity index (χ0n) is 14.0. The molecule has 0 aliphatic heterocycles. The highest BCUT2D eigenvalue weighted by atomic mass is 35.5. The molecular weight excluding hydrogens is 382 g/mol. The quantitative estimate of drug-likeness (QED) is 0.599. The maximum absolute atomic E-state index is 12.1. The van der Waals surface area contributed by atoms with Crippen LogP contribution in [0.15, 0.2) is 40.8 Å². The minimum Gasteiger partial charge on any atom is -0.271 e. The predicted molar refractivity (Wildman–Crippen MR) is 103 cm³/mol. The van der Waals surface area contributed by atoms with E-state index in [-0.39, 0.29) is 6.54 Å². The van der Waals surface area contributed by atoms with Crippen LogP contribution in [0.25, 0.3) is 0 Å². The molecule has 1 N–H and O–H groups in total. The number of rotatable bonds is 6. The molecule has 0 atom stereocenters. The Morgan fingerprint density at radius 3 is 2.64 bits per heavy atom. The van der Waals surface area contributed by atoms with E-state index in [1.165, 1.54) is 17.4 Å². The maximum atomic E-state index is 12.1. The third-order valence-corrected chi connectivity index (χ3v) is 5.88. The fraction of sp³-hybridized carbons (Fsp3) is 0.250. The van der Waals surface area contributed by atoms with Crippen LogP contribution in [-0.2, 0) is 14.8 Å². The predicted octanol–water partition coefficient (Wildman–Crippen LogP) is 3.02. The van der Waals surface area contributed by atoms with Crippen molar-refractivity contribution in [2.45, 2.75) is 13.8 Å². The van der Waals surface area contributed by atoms with Gasteiger partial charge in [-0.2, -0.15) is 5.10 Å². The van der Waals surface area contributed by atoms with Crippen molar-refractivity contribution >= 4 is 50.3 Å². The highest BCUT2D eigenvalue weighted by Crippen LogP contribution is 2.24. The Labute approximate surface area is 156 Å². The summed E-state index contributed by atoms with van der Waals surface area (Å²) in [6.07, 6.45) is 1.04. The van der Waals surface area contributed by atoms with Crippen LogP contribution in [0.4, 0.5) is 5.69 Å². The van der Waals surface area contributed by atoms with Crippen LogP contribution < -0.4 is 9.73 Å². The van der Waals surface area contributed by atoms with Crippen molar-refractivity contribution in [1.29, 1.82) is 0 Å². The Morgan fingerprint density at radius 2 is 2.08 bits per heavy atom. The van der Waals surface area contributed by atoms with Crippen molar-refractivity contribution in [3.05, 3.63) is 51.2 Å². The highest BCUT2D eigenvalue weighted by molar-refractivity contribution is 7.92. The zero-order chi connectivity index (χ0) is 18.6. The van der Waals surface area contributed by atoms with Crippen molar-refractivity contribution < 1.29 is 13.2 Å². The van der Waals surface area contributed by atoms with Crippen molar-refractivity contribution in [2.75, 3.05) is 17.1 Å². The lowest BCUT2D eigenvalue weighted by Gasteiger charge is -2.21. The smallest absolute Gasteiger partial charge is 0.260 e. The molecule has 1 aromatic carbocycles. The first-order valence-electron chi connectivity index (χ1n) is 7.29. The van der Waals surface area contributed by atoms with Crippen LogP contribution in [0, 0.1) is 6.92 Å². The third kappa shape index (κ3) is 5.29. The number of anilines is 1. The molecule has 134 valence electrons. The number of aryl methyl sites for hydroxylation is 1. The topological polar surface area (TPSA) is 78.8 Å². The fourth-order valence-electron chi connectivity index (χ4n) is 1.99. The van der Waals surface area contributed by atoms with Gasteiger partial charge in [0.25, 0.3) is 5.91 Å². The SMILES string of the molecule is C/C(=N/NC(=O)CN(c1ccc(C)c(Cl)c1)S(C)(=O)=O)c1cccs1. The molecule has 0 radical (unpaired) electrons. The average molecular weight is 400 g/mol. The second kappa shape index (κ2) is 7.99. The van der Waals surface area contributed by atoms with Crippen LogP contribution >= 0.6 is 22.9 Å². The number of halogens is 1. The van der Waals surface area contributed by atoms with E-state index in [2.05, 4.69) is 10.5 Å². The van der Waals surface area contributed by atoms with Gasteiger partial charge in [0, 0.05) is 9.90 Å². The van der Waals surface area contributed by atoms with Crippen LogP contribution in [0.2, 0.25) is 5.02 Å². The Morgan fingerprint density at radius 1 is 1.36 bits per heavy atom. The van der Waals surface area contributed by atoms with E-state index in [1.54, 1.807) is 19.1 Å². The molecule has 6 nitrogen and oxygen atoms in total. The number of sulfonamides is 1. The minimum atomic E-state index is -3.66. The molecule has 0 unspecified atom stereocenters. The molecule has 1 amide bonds. The minimum absolute atomic E-state index is 0.326. The van der Waals surface area contributed by atoms with Gasteiger partial charge < -0.3 is 0 Å². The number of hydrazone groups is 1. The molecule has 0 bridgehead atoms. The second-order valence-corrected chi connectivity index (χ2v) is 8.67. The number of amides is 1. The lowest BCUT2D eigenvalue weighted by Crippen LogP contribution is -2.39. The Bertz CT molecular complexity index is 893. The molecule has 2 rings (SSSR count). The Kier molecular flexibility index (Phi) is 6.21. The molecule has 0 fully saturated rings. The molecule has 0 aliphatic rings. The monoisotopic (exact) mass is 399 g/mol. The van der Waals surface area contributed by atoms with Crippen molar-refractivity contribution in [1.82, 2.24) is 5.43 Å². The van der Waals surface area contributed by atoms with Gasteiger partial charge in [0.2, 0.25) is 10.0 Å². The standard InChI is InChI=1S/C16H18ClN3O3S2/c1-11-6-7-13(9-14(11)17)20(25(3,22)23)10-16(21)19-18-12(2)15-5-4-8-24-15/h4-9H,10H2,1-3H3,(H,19,21)/b18-12-. The molecule has 25 heavy (non-hydrogen) atoms. The summed E-state index contributed by atoms with van der Waals surface area (Å²) in [5, 5.41) is 6.34.